The fourth-order valence-corrected chi connectivity index (χ4v) is 2.93. The van der Waals surface area contributed by atoms with E-state index >= 15 is 0 Å². The summed E-state index contributed by atoms with van der Waals surface area (Å²) in [5.74, 6) is 0.773. The number of fused-ring (bicyclic) bond motifs is 1. The average Bonchev–Trinajstić information content (AvgIpc) is 2.99. The summed E-state index contributed by atoms with van der Waals surface area (Å²) in [6.07, 6.45) is 1.09. The zero-order valence-corrected chi connectivity index (χ0v) is 12.0. The molecule has 2 aliphatic rings. The van der Waals surface area contributed by atoms with E-state index in [0.717, 1.165) is 30.6 Å². The maximum atomic E-state index is 12.5. The molecule has 0 bridgehead atoms. The van der Waals surface area contributed by atoms with E-state index in [4.69, 9.17) is 10.5 Å². The zero-order chi connectivity index (χ0) is 14.3. The topological polar surface area (TPSA) is 67.6 Å². The quantitative estimate of drug-likeness (QED) is 0.818. The van der Waals surface area contributed by atoms with Crippen LogP contribution in [0, 0.1) is 0 Å². The van der Waals surface area contributed by atoms with E-state index in [0.29, 0.717) is 24.0 Å². The van der Waals surface area contributed by atoms with Crippen LogP contribution in [0.15, 0.2) is 12.1 Å². The molecule has 20 heavy (non-hydrogen) atoms. The molecule has 0 unspecified atom stereocenters. The van der Waals surface area contributed by atoms with E-state index < -0.39 is 0 Å². The number of anilines is 1. The maximum absolute atomic E-state index is 12.5. The van der Waals surface area contributed by atoms with E-state index in [9.17, 15) is 4.79 Å². The van der Waals surface area contributed by atoms with Gasteiger partial charge in [-0.1, -0.05) is 0 Å². The van der Waals surface area contributed by atoms with Crippen molar-refractivity contribution in [2.75, 3.05) is 18.8 Å². The summed E-state index contributed by atoms with van der Waals surface area (Å²) in [6.45, 7) is 6.46. The van der Waals surface area contributed by atoms with E-state index in [1.807, 2.05) is 24.8 Å². The van der Waals surface area contributed by atoms with Crippen molar-refractivity contribution < 1.29 is 9.53 Å². The Morgan fingerprint density at radius 3 is 2.90 bits per heavy atom. The minimum absolute atomic E-state index is 0.0718. The lowest BCUT2D eigenvalue weighted by atomic mass is 10.1. The lowest BCUT2D eigenvalue weighted by Gasteiger charge is -2.22. The summed E-state index contributed by atoms with van der Waals surface area (Å²) >= 11 is 0. The number of ether oxygens (including phenoxy) is 1. The van der Waals surface area contributed by atoms with Crippen LogP contribution in [0.3, 0.4) is 0 Å². The summed E-state index contributed by atoms with van der Waals surface area (Å²) in [5.41, 5.74) is 8.28. The van der Waals surface area contributed by atoms with Gasteiger partial charge in [-0.2, -0.15) is 0 Å². The van der Waals surface area contributed by atoms with E-state index in [1.54, 1.807) is 6.07 Å². The standard InChI is InChI=1S/C15H21N3O2/c1-9(2)20-14-5-10-8-18(11-3-4-17-7-11)15(19)12(10)6-13(14)16/h5-6,9,11,17H,3-4,7-8,16H2,1-2H3/t11-/m1/s1. The molecule has 3 rings (SSSR count). The van der Waals surface area contributed by atoms with Crippen LogP contribution in [0.25, 0.3) is 0 Å². The van der Waals surface area contributed by atoms with Gasteiger partial charge in [0.15, 0.2) is 0 Å². The zero-order valence-electron chi connectivity index (χ0n) is 12.0. The summed E-state index contributed by atoms with van der Waals surface area (Å²) in [7, 11) is 0. The number of amides is 1. The third-order valence-corrected chi connectivity index (χ3v) is 3.91. The number of benzene rings is 1. The SMILES string of the molecule is CC(C)Oc1cc2c(cc1N)C(=O)N([C@@H]1CCNC1)C2. The van der Waals surface area contributed by atoms with Gasteiger partial charge in [-0.15, -0.1) is 0 Å². The molecule has 108 valence electrons. The van der Waals surface area contributed by atoms with Gasteiger partial charge >= 0.3 is 0 Å². The Hall–Kier alpha value is -1.75. The highest BCUT2D eigenvalue weighted by molar-refractivity contribution is 6.00. The van der Waals surface area contributed by atoms with Crippen LogP contribution < -0.4 is 15.8 Å². The highest BCUT2D eigenvalue weighted by Crippen LogP contribution is 2.33. The number of nitrogens with two attached hydrogens (primary N) is 1. The minimum Gasteiger partial charge on any atom is -0.489 e. The smallest absolute Gasteiger partial charge is 0.254 e. The highest BCUT2D eigenvalue weighted by atomic mass is 16.5. The van der Waals surface area contributed by atoms with Gasteiger partial charge in [0.2, 0.25) is 0 Å². The molecule has 2 heterocycles. The van der Waals surface area contributed by atoms with Gasteiger partial charge in [0.1, 0.15) is 5.75 Å². The van der Waals surface area contributed by atoms with Crippen molar-refractivity contribution >= 4 is 11.6 Å². The number of rotatable bonds is 3. The van der Waals surface area contributed by atoms with Crippen molar-refractivity contribution in [3.8, 4) is 5.75 Å². The fraction of sp³-hybridized carbons (Fsp3) is 0.533. The van der Waals surface area contributed by atoms with Crippen LogP contribution in [0.4, 0.5) is 5.69 Å². The maximum Gasteiger partial charge on any atom is 0.254 e. The Labute approximate surface area is 119 Å². The molecule has 1 atom stereocenters. The Balaban J connectivity index is 1.88. The van der Waals surface area contributed by atoms with Crippen LogP contribution in [-0.4, -0.2) is 36.0 Å². The molecule has 0 spiro atoms. The van der Waals surface area contributed by atoms with Crippen molar-refractivity contribution in [1.82, 2.24) is 10.2 Å². The Morgan fingerprint density at radius 2 is 2.25 bits per heavy atom. The highest BCUT2D eigenvalue weighted by Gasteiger charge is 2.34. The number of hydrogen-bond acceptors (Lipinski definition) is 4. The first-order chi connectivity index (χ1) is 9.56. The first-order valence-corrected chi connectivity index (χ1v) is 7.17. The molecule has 1 amide bonds. The molecule has 1 aromatic carbocycles. The first-order valence-electron chi connectivity index (χ1n) is 7.17. The number of nitrogens with zero attached hydrogens (tertiary/aromatic N) is 1. The van der Waals surface area contributed by atoms with Crippen LogP contribution in [0.5, 0.6) is 5.75 Å². The fourth-order valence-electron chi connectivity index (χ4n) is 2.93. The minimum atomic E-state index is 0.0718. The third kappa shape index (κ3) is 2.22. The normalized spacial score (nSPS) is 21.6. The van der Waals surface area contributed by atoms with Crippen molar-refractivity contribution in [2.45, 2.75) is 39.0 Å². The van der Waals surface area contributed by atoms with Crippen molar-refractivity contribution in [3.63, 3.8) is 0 Å². The van der Waals surface area contributed by atoms with E-state index in [1.165, 1.54) is 0 Å². The molecule has 2 aliphatic heterocycles. The largest absolute Gasteiger partial charge is 0.489 e. The summed E-state index contributed by atoms with van der Waals surface area (Å²) in [6, 6.07) is 3.98. The summed E-state index contributed by atoms with van der Waals surface area (Å²) in [4.78, 5) is 14.4. The molecule has 0 radical (unpaired) electrons. The number of carbonyl (C=O) groups excluding carboxylic acids is 1. The Kier molecular flexibility index (Phi) is 3.30. The van der Waals surface area contributed by atoms with Gasteiger partial charge in [0.05, 0.1) is 11.8 Å². The summed E-state index contributed by atoms with van der Waals surface area (Å²) in [5, 5.41) is 3.30. The van der Waals surface area contributed by atoms with Crippen molar-refractivity contribution in [3.05, 3.63) is 23.3 Å². The number of nitrogens with one attached hydrogen (secondary N) is 1. The third-order valence-electron chi connectivity index (χ3n) is 3.91. The van der Waals surface area contributed by atoms with Gasteiger partial charge in [0, 0.05) is 24.7 Å². The van der Waals surface area contributed by atoms with Crippen molar-refractivity contribution in [2.24, 2.45) is 0 Å². The van der Waals surface area contributed by atoms with Crippen LogP contribution in [0.1, 0.15) is 36.2 Å². The van der Waals surface area contributed by atoms with Crippen LogP contribution in [0.2, 0.25) is 0 Å². The molecule has 3 N–H and O–H groups in total. The van der Waals surface area contributed by atoms with E-state index in [-0.39, 0.29) is 12.0 Å². The Morgan fingerprint density at radius 1 is 1.45 bits per heavy atom. The first kappa shape index (κ1) is 13.2. The molecule has 0 aliphatic carbocycles. The van der Waals surface area contributed by atoms with Crippen LogP contribution in [-0.2, 0) is 6.54 Å². The lowest BCUT2D eigenvalue weighted by molar-refractivity contribution is 0.0717. The summed E-state index contributed by atoms with van der Waals surface area (Å²) < 4.78 is 5.70. The molecule has 5 heteroatoms. The molecular formula is C15H21N3O2. The van der Waals surface area contributed by atoms with E-state index in [2.05, 4.69) is 5.32 Å². The molecular weight excluding hydrogens is 254 g/mol. The van der Waals surface area contributed by atoms with Crippen LogP contribution >= 0.6 is 0 Å². The second-order valence-electron chi connectivity index (χ2n) is 5.79. The average molecular weight is 275 g/mol. The lowest BCUT2D eigenvalue weighted by Crippen LogP contribution is -2.36. The molecule has 5 nitrogen and oxygen atoms in total. The predicted octanol–water partition coefficient (Wildman–Crippen LogP) is 1.37. The number of carbonyl (C=O) groups is 1. The van der Waals surface area contributed by atoms with Gasteiger partial charge in [-0.05, 0) is 44.5 Å². The monoisotopic (exact) mass is 275 g/mol. The molecule has 1 fully saturated rings. The second kappa shape index (κ2) is 4.98. The van der Waals surface area contributed by atoms with Crippen molar-refractivity contribution in [1.29, 1.82) is 0 Å². The molecule has 0 saturated carbocycles. The van der Waals surface area contributed by atoms with Gasteiger partial charge in [-0.3, -0.25) is 4.79 Å². The number of nitrogen functional groups attached to an aromatic ring is 1. The van der Waals surface area contributed by atoms with Gasteiger partial charge in [-0.25, -0.2) is 0 Å². The van der Waals surface area contributed by atoms with Gasteiger partial charge < -0.3 is 20.7 Å². The predicted molar refractivity (Wildman–Crippen MR) is 77.8 cm³/mol. The molecule has 1 saturated heterocycles. The number of hydrogen-bond donors (Lipinski definition) is 2. The van der Waals surface area contributed by atoms with Gasteiger partial charge in [0.25, 0.3) is 5.91 Å². The molecule has 0 aromatic heterocycles. The molecule has 1 aromatic rings. The Bertz CT molecular complexity index is 536. The second-order valence-corrected chi connectivity index (χ2v) is 5.79.